The molecule has 0 aliphatic rings. The van der Waals surface area contributed by atoms with Gasteiger partial charge in [0, 0.05) is 14.7 Å². The van der Waals surface area contributed by atoms with Crippen molar-refractivity contribution < 1.29 is 9.59 Å². The van der Waals surface area contributed by atoms with Crippen molar-refractivity contribution >= 4 is 46.3 Å². The van der Waals surface area contributed by atoms with E-state index in [1.54, 1.807) is 12.1 Å². The third-order valence-corrected chi connectivity index (χ3v) is 3.43. The standard InChI is InChI=1S/C9H6ClIO2/c1-5(13)6-2-3-8(10)9(11)7(6)4-12/h2-4H,1H3. The maximum atomic E-state index is 11.1. The van der Waals surface area contributed by atoms with Gasteiger partial charge in [0.1, 0.15) is 0 Å². The van der Waals surface area contributed by atoms with E-state index < -0.39 is 0 Å². The molecule has 0 fully saturated rings. The minimum absolute atomic E-state index is 0.128. The van der Waals surface area contributed by atoms with Gasteiger partial charge in [-0.05, 0) is 41.6 Å². The number of aldehydes is 1. The Balaban J connectivity index is 3.47. The quantitative estimate of drug-likeness (QED) is 0.478. The molecule has 0 aliphatic heterocycles. The van der Waals surface area contributed by atoms with Gasteiger partial charge < -0.3 is 0 Å². The lowest BCUT2D eigenvalue weighted by Gasteiger charge is -2.04. The molecule has 4 heteroatoms. The van der Waals surface area contributed by atoms with Crippen molar-refractivity contribution in [2.75, 3.05) is 0 Å². The molecule has 2 nitrogen and oxygen atoms in total. The fraction of sp³-hybridized carbons (Fsp3) is 0.111. The van der Waals surface area contributed by atoms with Gasteiger partial charge in [0.05, 0.1) is 5.02 Å². The van der Waals surface area contributed by atoms with Crippen molar-refractivity contribution in [3.05, 3.63) is 31.9 Å². The molecule has 1 aromatic carbocycles. The van der Waals surface area contributed by atoms with Crippen LogP contribution in [0.4, 0.5) is 0 Å². The molecule has 0 aliphatic carbocycles. The van der Waals surface area contributed by atoms with Crippen molar-refractivity contribution in [3.8, 4) is 0 Å². The summed E-state index contributed by atoms with van der Waals surface area (Å²) in [6, 6.07) is 3.18. The lowest BCUT2D eigenvalue weighted by Crippen LogP contribution is -2.01. The molecular formula is C9H6ClIO2. The monoisotopic (exact) mass is 308 g/mol. The SMILES string of the molecule is CC(=O)c1ccc(Cl)c(I)c1C=O. The van der Waals surface area contributed by atoms with Gasteiger partial charge in [-0.1, -0.05) is 11.6 Å². The second-order valence-electron chi connectivity index (χ2n) is 2.50. The number of ketones is 1. The van der Waals surface area contributed by atoms with Crippen LogP contribution in [0.5, 0.6) is 0 Å². The Labute approximate surface area is 94.4 Å². The van der Waals surface area contributed by atoms with Crippen LogP contribution in [0.15, 0.2) is 12.1 Å². The summed E-state index contributed by atoms with van der Waals surface area (Å²) in [5.41, 5.74) is 0.796. The molecule has 0 aromatic heterocycles. The van der Waals surface area contributed by atoms with E-state index in [0.29, 0.717) is 26.0 Å². The highest BCUT2D eigenvalue weighted by Gasteiger charge is 2.12. The van der Waals surface area contributed by atoms with Crippen molar-refractivity contribution in [1.82, 2.24) is 0 Å². The Bertz CT molecular complexity index is 374. The maximum absolute atomic E-state index is 11.1. The second kappa shape index (κ2) is 4.19. The minimum Gasteiger partial charge on any atom is -0.298 e. The summed E-state index contributed by atoms with van der Waals surface area (Å²) in [7, 11) is 0. The van der Waals surface area contributed by atoms with Gasteiger partial charge in [0.15, 0.2) is 12.1 Å². The van der Waals surface area contributed by atoms with Gasteiger partial charge in [0.25, 0.3) is 0 Å². The lowest BCUT2D eigenvalue weighted by atomic mass is 10.1. The highest BCUT2D eigenvalue weighted by molar-refractivity contribution is 14.1. The number of halogens is 2. The first-order valence-electron chi connectivity index (χ1n) is 3.52. The highest BCUT2D eigenvalue weighted by Crippen LogP contribution is 2.24. The molecular weight excluding hydrogens is 302 g/mol. The fourth-order valence-electron chi connectivity index (χ4n) is 0.989. The zero-order valence-electron chi connectivity index (χ0n) is 6.80. The van der Waals surface area contributed by atoms with Crippen LogP contribution >= 0.6 is 34.2 Å². The van der Waals surface area contributed by atoms with E-state index in [1.807, 2.05) is 22.6 Å². The van der Waals surface area contributed by atoms with Crippen LogP contribution < -0.4 is 0 Å². The highest BCUT2D eigenvalue weighted by atomic mass is 127. The maximum Gasteiger partial charge on any atom is 0.160 e. The Hall–Kier alpha value is -0.420. The second-order valence-corrected chi connectivity index (χ2v) is 3.98. The molecule has 0 radical (unpaired) electrons. The van der Waals surface area contributed by atoms with E-state index in [2.05, 4.69) is 0 Å². The normalized spacial score (nSPS) is 9.77. The Morgan fingerprint density at radius 1 is 1.54 bits per heavy atom. The van der Waals surface area contributed by atoms with Crippen LogP contribution in [0, 0.1) is 3.57 Å². The molecule has 0 N–H and O–H groups in total. The third-order valence-electron chi connectivity index (χ3n) is 1.63. The molecule has 0 saturated carbocycles. The molecule has 0 bridgehead atoms. The first-order valence-corrected chi connectivity index (χ1v) is 4.97. The summed E-state index contributed by atoms with van der Waals surface area (Å²) in [4.78, 5) is 21.8. The van der Waals surface area contributed by atoms with E-state index in [9.17, 15) is 9.59 Å². The first-order chi connectivity index (χ1) is 6.07. The Morgan fingerprint density at radius 2 is 2.15 bits per heavy atom. The summed E-state index contributed by atoms with van der Waals surface area (Å²) in [6.07, 6.45) is 0.657. The number of Topliss-reactive ketones (excluding diaryl/α,β-unsaturated/α-hetero) is 1. The number of carbonyl (C=O) groups is 2. The molecule has 0 saturated heterocycles. The van der Waals surface area contributed by atoms with Crippen LogP contribution in [-0.2, 0) is 0 Å². The summed E-state index contributed by atoms with van der Waals surface area (Å²) >= 11 is 7.74. The number of rotatable bonds is 2. The topological polar surface area (TPSA) is 34.1 Å². The van der Waals surface area contributed by atoms with E-state index >= 15 is 0 Å². The van der Waals surface area contributed by atoms with Crippen molar-refractivity contribution in [2.24, 2.45) is 0 Å². The van der Waals surface area contributed by atoms with Gasteiger partial charge >= 0.3 is 0 Å². The average Bonchev–Trinajstić information content (AvgIpc) is 2.09. The predicted octanol–water partition coefficient (Wildman–Crippen LogP) is 2.96. The molecule has 0 unspecified atom stereocenters. The van der Waals surface area contributed by atoms with Crippen molar-refractivity contribution in [3.63, 3.8) is 0 Å². The zero-order chi connectivity index (χ0) is 10.0. The van der Waals surface area contributed by atoms with Crippen LogP contribution in [0.1, 0.15) is 27.6 Å². The molecule has 0 atom stereocenters. The van der Waals surface area contributed by atoms with Gasteiger partial charge in [0.2, 0.25) is 0 Å². The molecule has 1 aromatic rings. The molecule has 0 spiro atoms. The largest absolute Gasteiger partial charge is 0.298 e. The Morgan fingerprint density at radius 3 is 2.62 bits per heavy atom. The van der Waals surface area contributed by atoms with Crippen LogP contribution in [0.2, 0.25) is 5.02 Å². The fourth-order valence-corrected chi connectivity index (χ4v) is 1.75. The van der Waals surface area contributed by atoms with Crippen molar-refractivity contribution in [1.29, 1.82) is 0 Å². The summed E-state index contributed by atoms with van der Waals surface area (Å²) < 4.78 is 0.627. The van der Waals surface area contributed by atoms with Gasteiger partial charge in [-0.3, -0.25) is 9.59 Å². The summed E-state index contributed by atoms with van der Waals surface area (Å²) in [5, 5.41) is 0.493. The van der Waals surface area contributed by atoms with Crippen LogP contribution in [0.3, 0.4) is 0 Å². The molecule has 0 heterocycles. The lowest BCUT2D eigenvalue weighted by molar-refractivity contribution is 0.100. The number of hydrogen-bond donors (Lipinski definition) is 0. The number of benzene rings is 1. The Kier molecular flexibility index (Phi) is 3.44. The number of carbonyl (C=O) groups excluding carboxylic acids is 2. The van der Waals surface area contributed by atoms with Gasteiger partial charge in [-0.2, -0.15) is 0 Å². The third kappa shape index (κ3) is 2.08. The summed E-state index contributed by atoms with van der Waals surface area (Å²) in [5.74, 6) is -0.128. The van der Waals surface area contributed by atoms with Crippen LogP contribution in [0.25, 0.3) is 0 Å². The van der Waals surface area contributed by atoms with Gasteiger partial charge in [-0.15, -0.1) is 0 Å². The molecule has 1 rings (SSSR count). The van der Waals surface area contributed by atoms with E-state index in [0.717, 1.165) is 0 Å². The average molecular weight is 309 g/mol. The van der Waals surface area contributed by atoms with E-state index in [1.165, 1.54) is 6.92 Å². The molecule has 68 valence electrons. The van der Waals surface area contributed by atoms with Gasteiger partial charge in [-0.25, -0.2) is 0 Å². The van der Waals surface area contributed by atoms with E-state index in [4.69, 9.17) is 11.6 Å². The first kappa shape index (κ1) is 10.7. The predicted molar refractivity (Wildman–Crippen MR) is 59.6 cm³/mol. The zero-order valence-corrected chi connectivity index (χ0v) is 9.72. The summed E-state index contributed by atoms with van der Waals surface area (Å²) in [6.45, 7) is 1.42. The molecule has 13 heavy (non-hydrogen) atoms. The van der Waals surface area contributed by atoms with Crippen LogP contribution in [-0.4, -0.2) is 12.1 Å². The smallest absolute Gasteiger partial charge is 0.160 e. The number of hydrogen-bond acceptors (Lipinski definition) is 2. The minimum atomic E-state index is -0.128. The van der Waals surface area contributed by atoms with E-state index in [-0.39, 0.29) is 5.78 Å². The van der Waals surface area contributed by atoms with Crippen molar-refractivity contribution in [2.45, 2.75) is 6.92 Å². The molecule has 0 amide bonds.